The van der Waals surface area contributed by atoms with Crippen molar-refractivity contribution in [3.63, 3.8) is 0 Å². The predicted octanol–water partition coefficient (Wildman–Crippen LogP) is 4.46. The minimum absolute atomic E-state index is 0.224. The highest BCUT2D eigenvalue weighted by Crippen LogP contribution is 2.23. The van der Waals surface area contributed by atoms with Crippen LogP contribution in [0.3, 0.4) is 0 Å². The van der Waals surface area contributed by atoms with E-state index in [1.807, 2.05) is 38.1 Å². The van der Waals surface area contributed by atoms with Gasteiger partial charge in [0.1, 0.15) is 0 Å². The molecule has 1 atom stereocenters. The molecule has 25 heavy (non-hydrogen) atoms. The van der Waals surface area contributed by atoms with Crippen LogP contribution in [0.25, 0.3) is 0 Å². The third kappa shape index (κ3) is 6.78. The Morgan fingerprint density at radius 1 is 1.40 bits per heavy atom. The van der Waals surface area contributed by atoms with Gasteiger partial charge in [0.15, 0.2) is 0 Å². The van der Waals surface area contributed by atoms with E-state index < -0.39 is 5.97 Å². The fraction of sp³-hybridized carbons (Fsp3) is 0.400. The average Bonchev–Trinajstić information content (AvgIpc) is 2.61. The van der Waals surface area contributed by atoms with Crippen LogP contribution < -0.4 is 5.32 Å². The number of carbonyl (C=O) groups is 2. The number of aryl methyl sites for hydroxylation is 1. The van der Waals surface area contributed by atoms with Crippen LogP contribution in [0, 0.1) is 12.8 Å². The SMILES string of the molecule is C=CC(C)CCS/C(NC(=O)c1cccc(C)c1)=C(\CC)C(=O)OC. The summed E-state index contributed by atoms with van der Waals surface area (Å²) in [5, 5.41) is 3.46. The average molecular weight is 362 g/mol. The number of rotatable bonds is 9. The van der Waals surface area contributed by atoms with Gasteiger partial charge in [-0.2, -0.15) is 0 Å². The monoisotopic (exact) mass is 361 g/mol. The van der Waals surface area contributed by atoms with Gasteiger partial charge in [-0.25, -0.2) is 4.79 Å². The van der Waals surface area contributed by atoms with Gasteiger partial charge in [-0.3, -0.25) is 4.79 Å². The van der Waals surface area contributed by atoms with E-state index in [1.54, 1.807) is 6.07 Å². The van der Waals surface area contributed by atoms with Gasteiger partial charge in [0.05, 0.1) is 17.7 Å². The van der Waals surface area contributed by atoms with Crippen LogP contribution >= 0.6 is 11.8 Å². The van der Waals surface area contributed by atoms with E-state index in [0.29, 0.717) is 28.5 Å². The molecule has 0 aromatic heterocycles. The quantitative estimate of drug-likeness (QED) is 0.401. The Kier molecular flexibility index (Phi) is 9.06. The smallest absolute Gasteiger partial charge is 0.336 e. The molecule has 1 rings (SSSR count). The first-order valence-corrected chi connectivity index (χ1v) is 9.36. The summed E-state index contributed by atoms with van der Waals surface area (Å²) in [5.41, 5.74) is 2.06. The minimum Gasteiger partial charge on any atom is -0.466 e. The zero-order chi connectivity index (χ0) is 18.8. The largest absolute Gasteiger partial charge is 0.466 e. The second kappa shape index (κ2) is 10.8. The summed E-state index contributed by atoms with van der Waals surface area (Å²) >= 11 is 1.47. The Labute approximate surface area is 154 Å². The van der Waals surface area contributed by atoms with Crippen LogP contribution in [-0.4, -0.2) is 24.7 Å². The number of allylic oxidation sites excluding steroid dienone is 1. The Morgan fingerprint density at radius 3 is 2.68 bits per heavy atom. The predicted molar refractivity (Wildman–Crippen MR) is 104 cm³/mol. The summed E-state index contributed by atoms with van der Waals surface area (Å²) in [6.45, 7) is 9.68. The standard InChI is InChI=1S/C20H27NO3S/c1-6-14(3)11-12-25-19(17(7-2)20(23)24-5)21-18(22)16-10-8-9-15(4)13-16/h6,8-10,13-14H,1,7,11-12H2,2-5H3,(H,21,22)/b19-17+. The van der Waals surface area contributed by atoms with Crippen LogP contribution in [0.15, 0.2) is 47.5 Å². The van der Waals surface area contributed by atoms with Gasteiger partial charge in [0.25, 0.3) is 5.91 Å². The maximum atomic E-state index is 12.6. The molecule has 1 unspecified atom stereocenters. The number of carbonyl (C=O) groups excluding carboxylic acids is 2. The number of benzene rings is 1. The van der Waals surface area contributed by atoms with Crippen LogP contribution in [0.1, 0.15) is 42.6 Å². The van der Waals surface area contributed by atoms with E-state index in [0.717, 1.165) is 17.7 Å². The molecule has 136 valence electrons. The summed E-state index contributed by atoms with van der Waals surface area (Å²) in [4.78, 5) is 24.6. The number of nitrogens with one attached hydrogen (secondary N) is 1. The molecule has 1 amide bonds. The maximum Gasteiger partial charge on any atom is 0.336 e. The van der Waals surface area contributed by atoms with Gasteiger partial charge in [-0.05, 0) is 43.6 Å². The van der Waals surface area contributed by atoms with Crippen molar-refractivity contribution in [1.29, 1.82) is 0 Å². The third-order valence-electron chi connectivity index (χ3n) is 3.79. The van der Waals surface area contributed by atoms with Gasteiger partial charge >= 0.3 is 5.97 Å². The second-order valence-electron chi connectivity index (χ2n) is 5.83. The topological polar surface area (TPSA) is 55.4 Å². The maximum absolute atomic E-state index is 12.6. The zero-order valence-electron chi connectivity index (χ0n) is 15.4. The summed E-state index contributed by atoms with van der Waals surface area (Å²) in [5.74, 6) is 0.519. The Hall–Kier alpha value is -2.01. The minimum atomic E-state index is -0.411. The Balaban J connectivity index is 3.00. The molecular formula is C20H27NO3S. The van der Waals surface area contributed by atoms with Crippen molar-refractivity contribution in [3.8, 4) is 0 Å². The number of thioether (sulfide) groups is 1. The molecule has 0 spiro atoms. The number of ether oxygens (including phenoxy) is 1. The van der Waals surface area contributed by atoms with Crippen molar-refractivity contribution in [3.05, 3.63) is 58.6 Å². The first kappa shape index (κ1) is 21.0. The van der Waals surface area contributed by atoms with Crippen molar-refractivity contribution in [2.24, 2.45) is 5.92 Å². The molecule has 1 N–H and O–H groups in total. The molecule has 0 aliphatic rings. The van der Waals surface area contributed by atoms with Crippen LogP contribution in [0.2, 0.25) is 0 Å². The Morgan fingerprint density at radius 2 is 2.12 bits per heavy atom. The summed E-state index contributed by atoms with van der Waals surface area (Å²) < 4.78 is 4.86. The third-order valence-corrected chi connectivity index (χ3v) is 4.87. The van der Waals surface area contributed by atoms with Gasteiger partial charge < -0.3 is 10.1 Å². The molecule has 0 fully saturated rings. The fourth-order valence-electron chi connectivity index (χ4n) is 2.15. The lowest BCUT2D eigenvalue weighted by Gasteiger charge is -2.15. The molecule has 1 aromatic rings. The molecular weight excluding hydrogens is 334 g/mol. The van der Waals surface area contributed by atoms with Crippen molar-refractivity contribution < 1.29 is 14.3 Å². The van der Waals surface area contributed by atoms with Crippen molar-refractivity contribution in [2.75, 3.05) is 12.9 Å². The van der Waals surface area contributed by atoms with Crippen LogP contribution in [0.4, 0.5) is 0 Å². The number of hydrogen-bond donors (Lipinski definition) is 1. The number of amides is 1. The highest BCUT2D eigenvalue weighted by molar-refractivity contribution is 8.03. The number of esters is 1. The molecule has 5 heteroatoms. The molecule has 0 heterocycles. The molecule has 1 aromatic carbocycles. The summed E-state index contributed by atoms with van der Waals surface area (Å²) in [7, 11) is 1.35. The molecule has 0 aliphatic heterocycles. The molecule has 0 aliphatic carbocycles. The molecule has 0 saturated heterocycles. The summed E-state index contributed by atoms with van der Waals surface area (Å²) in [6, 6.07) is 7.35. The number of hydrogen-bond acceptors (Lipinski definition) is 4. The molecule has 0 bridgehead atoms. The second-order valence-corrected chi connectivity index (χ2v) is 6.93. The van der Waals surface area contributed by atoms with Gasteiger partial charge in [-0.15, -0.1) is 18.3 Å². The fourth-order valence-corrected chi connectivity index (χ4v) is 3.41. The van der Waals surface area contributed by atoms with Crippen molar-refractivity contribution in [2.45, 2.75) is 33.6 Å². The van der Waals surface area contributed by atoms with Gasteiger partial charge in [-0.1, -0.05) is 37.6 Å². The highest BCUT2D eigenvalue weighted by atomic mass is 32.2. The van der Waals surface area contributed by atoms with E-state index >= 15 is 0 Å². The Bertz CT molecular complexity index is 652. The lowest BCUT2D eigenvalue weighted by molar-refractivity contribution is -0.136. The summed E-state index contributed by atoms with van der Waals surface area (Å²) in [6.07, 6.45) is 3.30. The highest BCUT2D eigenvalue weighted by Gasteiger charge is 2.18. The number of methoxy groups -OCH3 is 1. The van der Waals surface area contributed by atoms with Gasteiger partial charge in [0.2, 0.25) is 0 Å². The van der Waals surface area contributed by atoms with Gasteiger partial charge in [0, 0.05) is 5.56 Å². The lowest BCUT2D eigenvalue weighted by atomic mass is 10.1. The van der Waals surface area contributed by atoms with Crippen molar-refractivity contribution >= 4 is 23.6 Å². The van der Waals surface area contributed by atoms with E-state index in [1.165, 1.54) is 18.9 Å². The lowest BCUT2D eigenvalue weighted by Crippen LogP contribution is -2.25. The zero-order valence-corrected chi connectivity index (χ0v) is 16.2. The van der Waals surface area contributed by atoms with E-state index in [2.05, 4.69) is 18.8 Å². The normalized spacial score (nSPS) is 12.8. The molecule has 0 radical (unpaired) electrons. The van der Waals surface area contributed by atoms with Crippen LogP contribution in [-0.2, 0) is 9.53 Å². The molecule has 4 nitrogen and oxygen atoms in total. The van der Waals surface area contributed by atoms with E-state index in [9.17, 15) is 9.59 Å². The molecule has 0 saturated carbocycles. The van der Waals surface area contributed by atoms with E-state index in [4.69, 9.17) is 4.74 Å². The van der Waals surface area contributed by atoms with E-state index in [-0.39, 0.29) is 5.91 Å². The first-order valence-electron chi connectivity index (χ1n) is 8.37. The van der Waals surface area contributed by atoms with Crippen LogP contribution in [0.5, 0.6) is 0 Å². The first-order chi connectivity index (χ1) is 11.9. The van der Waals surface area contributed by atoms with Crippen molar-refractivity contribution in [1.82, 2.24) is 5.32 Å².